The lowest BCUT2D eigenvalue weighted by atomic mass is 10.1. The molecule has 0 atom stereocenters. The van der Waals surface area contributed by atoms with Gasteiger partial charge in [-0.25, -0.2) is 0 Å². The summed E-state index contributed by atoms with van der Waals surface area (Å²) in [5.41, 5.74) is -3.68. The number of nitrogens with zero attached hydrogens (tertiary/aromatic N) is 2. The SMILES string of the molecule is Cc1cc(Nc2c([N+](=O)[O-])cc([N+](=O)[O-])cc2C(F)(F)F)c(Br)cc1Br. The Kier molecular flexibility index (Phi) is 5.56. The van der Waals surface area contributed by atoms with Crippen LogP contribution < -0.4 is 5.32 Å². The van der Waals surface area contributed by atoms with Crippen molar-refractivity contribution < 1.29 is 23.0 Å². The van der Waals surface area contributed by atoms with Gasteiger partial charge in [-0.2, -0.15) is 13.2 Å². The number of non-ortho nitro benzene ring substituents is 1. The third kappa shape index (κ3) is 4.12. The maximum atomic E-state index is 13.4. The van der Waals surface area contributed by atoms with Crippen molar-refractivity contribution in [3.8, 4) is 0 Å². The van der Waals surface area contributed by atoms with Crippen LogP contribution in [-0.2, 0) is 6.18 Å². The predicted octanol–water partition coefficient (Wildman–Crippen LogP) is 6.10. The average Bonchev–Trinajstić information content (AvgIpc) is 2.50. The zero-order valence-electron chi connectivity index (χ0n) is 12.7. The van der Waals surface area contributed by atoms with Crippen LogP contribution in [0.2, 0.25) is 0 Å². The van der Waals surface area contributed by atoms with Crippen molar-refractivity contribution in [3.05, 3.63) is 64.6 Å². The molecule has 0 aliphatic rings. The molecule has 0 aromatic heterocycles. The summed E-state index contributed by atoms with van der Waals surface area (Å²) in [7, 11) is 0. The number of benzene rings is 2. The molecular formula is C14H8Br2F3N3O4. The van der Waals surface area contributed by atoms with E-state index < -0.39 is 38.6 Å². The van der Waals surface area contributed by atoms with E-state index in [-0.39, 0.29) is 11.8 Å². The molecule has 26 heavy (non-hydrogen) atoms. The number of hydrogen-bond acceptors (Lipinski definition) is 5. The minimum atomic E-state index is -5.05. The Morgan fingerprint density at radius 2 is 1.62 bits per heavy atom. The molecule has 0 saturated carbocycles. The van der Waals surface area contributed by atoms with Gasteiger partial charge < -0.3 is 5.32 Å². The molecule has 0 spiro atoms. The Morgan fingerprint density at radius 3 is 2.12 bits per heavy atom. The first-order chi connectivity index (χ1) is 11.9. The van der Waals surface area contributed by atoms with E-state index >= 15 is 0 Å². The summed E-state index contributed by atoms with van der Waals surface area (Å²) in [5.74, 6) is 0. The van der Waals surface area contributed by atoms with Crippen molar-refractivity contribution in [2.45, 2.75) is 13.1 Å². The Morgan fingerprint density at radius 1 is 1.00 bits per heavy atom. The topological polar surface area (TPSA) is 98.3 Å². The van der Waals surface area contributed by atoms with Crippen LogP contribution in [0.3, 0.4) is 0 Å². The average molecular weight is 499 g/mol. The number of anilines is 2. The summed E-state index contributed by atoms with van der Waals surface area (Å²) in [6, 6.07) is 3.77. The molecule has 7 nitrogen and oxygen atoms in total. The fourth-order valence-electron chi connectivity index (χ4n) is 2.10. The van der Waals surface area contributed by atoms with Gasteiger partial charge in [-0.1, -0.05) is 15.9 Å². The fraction of sp³-hybridized carbons (Fsp3) is 0.143. The largest absolute Gasteiger partial charge is 0.418 e. The molecule has 0 aliphatic carbocycles. The fourth-order valence-corrected chi connectivity index (χ4v) is 3.20. The van der Waals surface area contributed by atoms with E-state index in [0.29, 0.717) is 20.6 Å². The number of alkyl halides is 3. The summed E-state index contributed by atoms with van der Waals surface area (Å²) in [6.07, 6.45) is -5.05. The smallest absolute Gasteiger partial charge is 0.348 e. The minimum absolute atomic E-state index is 0.133. The van der Waals surface area contributed by atoms with Crippen LogP contribution in [0.15, 0.2) is 33.2 Å². The molecule has 0 heterocycles. The number of nitro benzene ring substituents is 2. The molecule has 0 saturated heterocycles. The lowest BCUT2D eigenvalue weighted by Crippen LogP contribution is -2.12. The van der Waals surface area contributed by atoms with Gasteiger partial charge in [0.15, 0.2) is 0 Å². The van der Waals surface area contributed by atoms with E-state index in [0.717, 1.165) is 0 Å². The molecule has 0 aliphatic heterocycles. The quantitative estimate of drug-likeness (QED) is 0.405. The molecule has 2 rings (SSSR count). The molecule has 0 unspecified atom stereocenters. The van der Waals surface area contributed by atoms with Crippen LogP contribution >= 0.6 is 31.9 Å². The van der Waals surface area contributed by atoms with Gasteiger partial charge in [0.25, 0.3) is 11.4 Å². The lowest BCUT2D eigenvalue weighted by molar-refractivity contribution is -0.394. The van der Waals surface area contributed by atoms with Crippen molar-refractivity contribution in [3.63, 3.8) is 0 Å². The van der Waals surface area contributed by atoms with Crippen molar-refractivity contribution in [2.24, 2.45) is 0 Å². The van der Waals surface area contributed by atoms with Gasteiger partial charge in [-0.15, -0.1) is 0 Å². The maximum Gasteiger partial charge on any atom is 0.418 e. The summed E-state index contributed by atoms with van der Waals surface area (Å²) >= 11 is 6.42. The number of nitro groups is 2. The Balaban J connectivity index is 2.76. The third-order valence-corrected chi connectivity index (χ3v) is 4.83. The van der Waals surface area contributed by atoms with E-state index in [4.69, 9.17) is 0 Å². The number of nitrogens with one attached hydrogen (secondary N) is 1. The normalized spacial score (nSPS) is 11.3. The van der Waals surface area contributed by atoms with Gasteiger partial charge in [0.2, 0.25) is 0 Å². The van der Waals surface area contributed by atoms with Gasteiger partial charge in [0.1, 0.15) is 5.69 Å². The summed E-state index contributed by atoms with van der Waals surface area (Å²) in [5, 5.41) is 24.5. The molecule has 1 N–H and O–H groups in total. The van der Waals surface area contributed by atoms with E-state index in [9.17, 15) is 33.4 Å². The first-order valence-corrected chi connectivity index (χ1v) is 8.27. The Bertz CT molecular complexity index is 919. The second-order valence-electron chi connectivity index (χ2n) is 5.11. The van der Waals surface area contributed by atoms with Crippen molar-refractivity contribution >= 4 is 54.6 Å². The summed E-state index contributed by atoms with van der Waals surface area (Å²) < 4.78 is 41.1. The Hall–Kier alpha value is -2.21. The van der Waals surface area contributed by atoms with Crippen molar-refractivity contribution in [2.75, 3.05) is 5.32 Å². The lowest BCUT2D eigenvalue weighted by Gasteiger charge is -2.16. The molecule has 0 fully saturated rings. The minimum Gasteiger partial charge on any atom is -0.348 e. The second kappa shape index (κ2) is 7.19. The number of rotatable bonds is 4. The Labute approximate surface area is 160 Å². The van der Waals surface area contributed by atoms with Crippen LogP contribution in [0.4, 0.5) is 35.9 Å². The highest BCUT2D eigenvalue weighted by molar-refractivity contribution is 9.11. The standard InChI is InChI=1S/C14H8Br2F3N3O4/c1-6-2-11(10(16)5-9(6)15)20-13-8(14(17,18)19)3-7(21(23)24)4-12(13)22(25)26/h2-5,20H,1H3. The van der Waals surface area contributed by atoms with Gasteiger partial charge in [0.05, 0.1) is 27.2 Å². The number of aryl methyl sites for hydroxylation is 1. The number of hydrogen-bond donors (Lipinski definition) is 1. The highest BCUT2D eigenvalue weighted by Crippen LogP contribution is 2.44. The predicted molar refractivity (Wildman–Crippen MR) is 94.6 cm³/mol. The van der Waals surface area contributed by atoms with E-state index in [1.807, 2.05) is 0 Å². The van der Waals surface area contributed by atoms with E-state index in [1.165, 1.54) is 6.07 Å². The molecule has 2 aromatic rings. The first kappa shape index (κ1) is 20.1. The van der Waals surface area contributed by atoms with Gasteiger partial charge in [-0.3, -0.25) is 20.2 Å². The van der Waals surface area contributed by atoms with Crippen molar-refractivity contribution in [1.29, 1.82) is 0 Å². The third-order valence-electron chi connectivity index (χ3n) is 3.32. The van der Waals surface area contributed by atoms with E-state index in [1.54, 1.807) is 13.0 Å². The molecule has 0 bridgehead atoms. The van der Waals surface area contributed by atoms with Gasteiger partial charge in [0, 0.05) is 15.0 Å². The zero-order valence-corrected chi connectivity index (χ0v) is 15.9. The van der Waals surface area contributed by atoms with Crippen LogP contribution in [0.5, 0.6) is 0 Å². The van der Waals surface area contributed by atoms with Crippen LogP contribution in [0.1, 0.15) is 11.1 Å². The van der Waals surface area contributed by atoms with Gasteiger partial charge >= 0.3 is 6.18 Å². The van der Waals surface area contributed by atoms with Crippen LogP contribution in [-0.4, -0.2) is 9.85 Å². The van der Waals surface area contributed by atoms with E-state index in [2.05, 4.69) is 37.2 Å². The highest BCUT2D eigenvalue weighted by atomic mass is 79.9. The molecular weight excluding hydrogens is 491 g/mol. The second-order valence-corrected chi connectivity index (χ2v) is 6.81. The van der Waals surface area contributed by atoms with Crippen LogP contribution in [0.25, 0.3) is 0 Å². The monoisotopic (exact) mass is 497 g/mol. The zero-order chi connectivity index (χ0) is 19.8. The summed E-state index contributed by atoms with van der Waals surface area (Å²) in [4.78, 5) is 19.8. The first-order valence-electron chi connectivity index (χ1n) is 6.68. The summed E-state index contributed by atoms with van der Waals surface area (Å²) in [6.45, 7) is 1.68. The molecule has 0 radical (unpaired) electrons. The maximum absolute atomic E-state index is 13.4. The van der Waals surface area contributed by atoms with Crippen LogP contribution in [0, 0.1) is 27.2 Å². The van der Waals surface area contributed by atoms with Gasteiger partial charge in [-0.05, 0) is 40.5 Å². The molecule has 12 heteroatoms. The highest BCUT2D eigenvalue weighted by Gasteiger charge is 2.39. The number of halogens is 5. The molecule has 138 valence electrons. The molecule has 2 aromatic carbocycles. The van der Waals surface area contributed by atoms with Crippen molar-refractivity contribution in [1.82, 2.24) is 0 Å². The molecule has 0 amide bonds.